The predicted octanol–water partition coefficient (Wildman–Crippen LogP) is 2.53. The number of hydrogen-bond acceptors (Lipinski definition) is 4. The zero-order valence-corrected chi connectivity index (χ0v) is 13.0. The third-order valence-electron chi connectivity index (χ3n) is 3.12. The van der Waals surface area contributed by atoms with Crippen LogP contribution in [0.4, 0.5) is 4.79 Å². The zero-order chi connectivity index (χ0) is 15.5. The quantitative estimate of drug-likeness (QED) is 0.848. The number of hydrogen-bond donors (Lipinski definition) is 1. The van der Waals surface area contributed by atoms with Crippen LogP contribution in [0.25, 0.3) is 0 Å². The molecule has 1 aliphatic heterocycles. The van der Waals surface area contributed by atoms with E-state index in [0.29, 0.717) is 13.0 Å². The lowest BCUT2D eigenvalue weighted by Crippen LogP contribution is -2.43. The lowest BCUT2D eigenvalue weighted by Gasteiger charge is -2.23. The van der Waals surface area contributed by atoms with Crippen LogP contribution in [-0.2, 0) is 15.9 Å². The number of amides is 1. The van der Waals surface area contributed by atoms with Crippen LogP contribution in [0.3, 0.4) is 0 Å². The van der Waals surface area contributed by atoms with Crippen LogP contribution < -0.4 is 10.1 Å². The van der Waals surface area contributed by atoms with Gasteiger partial charge in [0.05, 0.1) is 19.8 Å². The first-order valence-electron chi connectivity index (χ1n) is 7.11. The van der Waals surface area contributed by atoms with Crippen LogP contribution in [0.2, 0.25) is 0 Å². The van der Waals surface area contributed by atoms with Gasteiger partial charge in [-0.25, -0.2) is 4.79 Å². The van der Waals surface area contributed by atoms with Crippen LogP contribution >= 0.6 is 0 Å². The molecule has 1 saturated heterocycles. The van der Waals surface area contributed by atoms with Crippen LogP contribution in [0.1, 0.15) is 26.3 Å². The molecule has 1 amide bonds. The van der Waals surface area contributed by atoms with Crippen LogP contribution in [-0.4, -0.2) is 37.6 Å². The fourth-order valence-corrected chi connectivity index (χ4v) is 2.04. The molecule has 0 aromatic heterocycles. The van der Waals surface area contributed by atoms with Gasteiger partial charge in [0.2, 0.25) is 0 Å². The molecule has 1 N–H and O–H groups in total. The Morgan fingerprint density at radius 1 is 1.38 bits per heavy atom. The molecule has 0 spiro atoms. The van der Waals surface area contributed by atoms with Gasteiger partial charge in [0.1, 0.15) is 17.5 Å². The summed E-state index contributed by atoms with van der Waals surface area (Å²) in [6, 6.07) is 7.73. The van der Waals surface area contributed by atoms with E-state index in [1.807, 2.05) is 45.0 Å². The maximum atomic E-state index is 11.9. The Balaban J connectivity index is 1.94. The summed E-state index contributed by atoms with van der Waals surface area (Å²) in [6.45, 7) is 6.21. The largest absolute Gasteiger partial charge is 0.497 e. The van der Waals surface area contributed by atoms with Crippen molar-refractivity contribution < 1.29 is 19.0 Å². The van der Waals surface area contributed by atoms with Crippen molar-refractivity contribution in [3.05, 3.63) is 29.8 Å². The number of benzene rings is 1. The predicted molar refractivity (Wildman–Crippen MR) is 79.6 cm³/mol. The highest BCUT2D eigenvalue weighted by Crippen LogP contribution is 2.20. The number of ether oxygens (including phenoxy) is 3. The number of alkyl carbamates (subject to hydrolysis) is 1. The first kappa shape index (κ1) is 15.6. The second kappa shape index (κ2) is 6.35. The molecule has 0 aliphatic carbocycles. The monoisotopic (exact) mass is 293 g/mol. The first-order valence-corrected chi connectivity index (χ1v) is 7.11. The minimum atomic E-state index is -0.501. The van der Waals surface area contributed by atoms with E-state index >= 15 is 0 Å². The average molecular weight is 293 g/mol. The molecular formula is C16H23NO4. The third-order valence-corrected chi connectivity index (χ3v) is 3.12. The van der Waals surface area contributed by atoms with E-state index in [1.165, 1.54) is 0 Å². The van der Waals surface area contributed by atoms with Gasteiger partial charge in [0.15, 0.2) is 0 Å². The van der Waals surface area contributed by atoms with Gasteiger partial charge in [0.25, 0.3) is 0 Å². The molecule has 21 heavy (non-hydrogen) atoms. The van der Waals surface area contributed by atoms with Gasteiger partial charge < -0.3 is 19.5 Å². The van der Waals surface area contributed by atoms with Crippen molar-refractivity contribution in [1.29, 1.82) is 0 Å². The van der Waals surface area contributed by atoms with E-state index in [0.717, 1.165) is 11.3 Å². The van der Waals surface area contributed by atoms with Crippen molar-refractivity contribution in [2.75, 3.05) is 13.7 Å². The number of methoxy groups -OCH3 is 1. The van der Waals surface area contributed by atoms with Gasteiger partial charge in [-0.2, -0.15) is 0 Å². The van der Waals surface area contributed by atoms with Gasteiger partial charge in [-0.05, 0) is 44.9 Å². The van der Waals surface area contributed by atoms with Crippen LogP contribution in [0, 0.1) is 0 Å². The van der Waals surface area contributed by atoms with E-state index in [1.54, 1.807) is 7.11 Å². The maximum absolute atomic E-state index is 11.9. The summed E-state index contributed by atoms with van der Waals surface area (Å²) in [5.74, 6) is 0.818. The molecule has 0 radical (unpaired) electrons. The summed E-state index contributed by atoms with van der Waals surface area (Å²) in [5, 5.41) is 2.90. The molecule has 1 aliphatic rings. The van der Waals surface area contributed by atoms with Gasteiger partial charge in [-0.3, -0.25) is 0 Å². The average Bonchev–Trinajstić information content (AvgIpc) is 3.21. The molecule has 1 heterocycles. The molecule has 2 atom stereocenters. The number of nitrogens with one attached hydrogen (secondary N) is 1. The molecule has 1 fully saturated rings. The minimum Gasteiger partial charge on any atom is -0.497 e. The van der Waals surface area contributed by atoms with Gasteiger partial charge in [-0.15, -0.1) is 0 Å². The van der Waals surface area contributed by atoms with E-state index < -0.39 is 11.7 Å². The molecule has 1 aromatic rings. The van der Waals surface area contributed by atoms with Gasteiger partial charge in [0, 0.05) is 0 Å². The normalized spacial score (nSPS) is 18.8. The Bertz CT molecular complexity index is 474. The Labute approximate surface area is 125 Å². The summed E-state index contributed by atoms with van der Waals surface area (Å²) in [7, 11) is 1.64. The van der Waals surface area contributed by atoms with Crippen molar-refractivity contribution in [3.8, 4) is 5.75 Å². The number of carbonyl (C=O) groups excluding carboxylic acids is 1. The Morgan fingerprint density at radius 2 is 2.00 bits per heavy atom. The SMILES string of the molecule is COc1ccc(C[C@H](NC(=O)OC(C)(C)C)C2CO2)cc1. The van der Waals surface area contributed by atoms with E-state index in [4.69, 9.17) is 14.2 Å². The molecule has 0 bridgehead atoms. The fourth-order valence-electron chi connectivity index (χ4n) is 2.04. The molecule has 116 valence electrons. The summed E-state index contributed by atoms with van der Waals surface area (Å²) >= 11 is 0. The number of epoxide rings is 1. The fraction of sp³-hybridized carbons (Fsp3) is 0.562. The Morgan fingerprint density at radius 3 is 2.48 bits per heavy atom. The number of carbonyl (C=O) groups is 1. The second-order valence-corrected chi connectivity index (χ2v) is 6.18. The Kier molecular flexibility index (Phi) is 4.73. The van der Waals surface area contributed by atoms with Crippen LogP contribution in [0.5, 0.6) is 5.75 Å². The topological polar surface area (TPSA) is 60.1 Å². The molecule has 5 heteroatoms. The minimum absolute atomic E-state index is 0.0691. The molecule has 1 aromatic carbocycles. The van der Waals surface area contributed by atoms with E-state index in [-0.39, 0.29) is 12.1 Å². The molecule has 2 rings (SSSR count). The number of rotatable bonds is 5. The van der Waals surface area contributed by atoms with E-state index in [2.05, 4.69) is 5.32 Å². The molecular weight excluding hydrogens is 270 g/mol. The van der Waals surface area contributed by atoms with Crippen molar-refractivity contribution >= 4 is 6.09 Å². The highest BCUT2D eigenvalue weighted by Gasteiger charge is 2.34. The van der Waals surface area contributed by atoms with Crippen molar-refractivity contribution in [1.82, 2.24) is 5.32 Å². The summed E-state index contributed by atoms with van der Waals surface area (Å²) < 4.78 is 15.8. The smallest absolute Gasteiger partial charge is 0.407 e. The lowest BCUT2D eigenvalue weighted by atomic mass is 10.0. The van der Waals surface area contributed by atoms with Crippen molar-refractivity contribution in [3.63, 3.8) is 0 Å². The summed E-state index contributed by atoms with van der Waals surface area (Å²) in [5.41, 5.74) is 0.617. The van der Waals surface area contributed by atoms with Crippen LogP contribution in [0.15, 0.2) is 24.3 Å². The van der Waals surface area contributed by atoms with E-state index in [9.17, 15) is 4.79 Å². The zero-order valence-electron chi connectivity index (χ0n) is 13.0. The van der Waals surface area contributed by atoms with Crippen molar-refractivity contribution in [2.45, 2.75) is 44.9 Å². The third kappa shape index (κ3) is 5.27. The maximum Gasteiger partial charge on any atom is 0.407 e. The summed E-state index contributed by atoms with van der Waals surface area (Å²) in [6.07, 6.45) is 0.365. The molecule has 5 nitrogen and oxygen atoms in total. The standard InChI is InChI=1S/C16H23NO4/c1-16(2,3)21-15(18)17-13(14-10-20-14)9-11-5-7-12(19-4)8-6-11/h5-8,13-14H,9-10H2,1-4H3,(H,17,18)/t13-,14?/m0/s1. The highest BCUT2D eigenvalue weighted by atomic mass is 16.6. The summed E-state index contributed by atoms with van der Waals surface area (Å²) in [4.78, 5) is 11.9. The van der Waals surface area contributed by atoms with Gasteiger partial charge in [-0.1, -0.05) is 12.1 Å². The van der Waals surface area contributed by atoms with Gasteiger partial charge >= 0.3 is 6.09 Å². The first-order chi connectivity index (χ1) is 9.87. The molecule has 1 unspecified atom stereocenters. The highest BCUT2D eigenvalue weighted by molar-refractivity contribution is 5.68. The Hall–Kier alpha value is -1.75. The second-order valence-electron chi connectivity index (χ2n) is 6.18. The molecule has 0 saturated carbocycles. The lowest BCUT2D eigenvalue weighted by molar-refractivity contribution is 0.0495. The van der Waals surface area contributed by atoms with Crippen molar-refractivity contribution in [2.24, 2.45) is 0 Å².